The highest BCUT2D eigenvalue weighted by molar-refractivity contribution is 5.94. The first-order chi connectivity index (χ1) is 20.7. The van der Waals surface area contributed by atoms with Crippen LogP contribution in [0.1, 0.15) is 72.8 Å². The third-order valence-electron chi connectivity index (χ3n) is 7.21. The van der Waals surface area contributed by atoms with Gasteiger partial charge in [-0.2, -0.15) is 0 Å². The molecule has 43 heavy (non-hydrogen) atoms. The molecule has 0 fully saturated rings. The Labute approximate surface area is 255 Å². The molecule has 0 radical (unpaired) electrons. The molecule has 3 aromatic rings. The van der Waals surface area contributed by atoms with Crippen LogP contribution in [0, 0.1) is 5.92 Å². The lowest BCUT2D eigenvalue weighted by atomic mass is 10.0. The fourth-order valence-electron chi connectivity index (χ4n) is 4.69. The largest absolute Gasteiger partial charge is 0.491 e. The lowest BCUT2D eigenvalue weighted by Gasteiger charge is -2.33. The number of nitrogens with one attached hydrogen (secondary N) is 2. The van der Waals surface area contributed by atoms with Crippen molar-refractivity contribution in [3.63, 3.8) is 0 Å². The highest BCUT2D eigenvalue weighted by Crippen LogP contribution is 2.32. The van der Waals surface area contributed by atoms with Crippen molar-refractivity contribution in [2.45, 2.75) is 65.6 Å². The Kier molecular flexibility index (Phi) is 12.0. The first-order valence-corrected chi connectivity index (χ1v) is 15.2. The zero-order valence-electron chi connectivity index (χ0n) is 25.9. The summed E-state index contributed by atoms with van der Waals surface area (Å²) >= 11 is 0. The summed E-state index contributed by atoms with van der Waals surface area (Å²) in [5.74, 6) is 1.47. The first kappa shape index (κ1) is 32.5. The van der Waals surface area contributed by atoms with Gasteiger partial charge in [-0.25, -0.2) is 0 Å². The number of amides is 1. The van der Waals surface area contributed by atoms with Crippen molar-refractivity contribution in [2.75, 3.05) is 32.8 Å². The van der Waals surface area contributed by atoms with E-state index >= 15 is 0 Å². The highest BCUT2D eigenvalue weighted by atomic mass is 16.7. The second-order valence-electron chi connectivity index (χ2n) is 11.8. The van der Waals surface area contributed by atoms with Gasteiger partial charge in [-0.3, -0.25) is 4.79 Å². The van der Waals surface area contributed by atoms with Crippen molar-refractivity contribution in [3.05, 3.63) is 94.5 Å². The predicted molar refractivity (Wildman–Crippen MR) is 167 cm³/mol. The average Bonchev–Trinajstić information content (AvgIpc) is 2.99. The third-order valence-corrected chi connectivity index (χ3v) is 7.21. The lowest BCUT2D eigenvalue weighted by Crippen LogP contribution is -2.35. The summed E-state index contributed by atoms with van der Waals surface area (Å²) in [5.41, 5.74) is 4.59. The van der Waals surface area contributed by atoms with Crippen molar-refractivity contribution >= 4 is 5.91 Å². The van der Waals surface area contributed by atoms with Gasteiger partial charge in [0, 0.05) is 38.1 Å². The Morgan fingerprint density at radius 3 is 2.60 bits per heavy atom. The molecule has 8 heteroatoms. The molecule has 1 heterocycles. The van der Waals surface area contributed by atoms with Crippen molar-refractivity contribution in [2.24, 2.45) is 5.92 Å². The maximum atomic E-state index is 12.4. The van der Waals surface area contributed by atoms with E-state index in [0.717, 1.165) is 47.6 Å². The van der Waals surface area contributed by atoms with Crippen LogP contribution in [-0.4, -0.2) is 49.6 Å². The minimum absolute atomic E-state index is 0.0519. The number of hydrogen-bond donors (Lipinski definition) is 3. The van der Waals surface area contributed by atoms with Crippen molar-refractivity contribution < 1.29 is 28.8 Å². The monoisotopic (exact) mass is 590 g/mol. The van der Waals surface area contributed by atoms with E-state index in [-0.39, 0.29) is 5.91 Å². The Bertz CT molecular complexity index is 1310. The third kappa shape index (κ3) is 10.7. The van der Waals surface area contributed by atoms with Crippen molar-refractivity contribution in [3.8, 4) is 11.5 Å². The quantitative estimate of drug-likeness (QED) is 0.188. The molecule has 1 aliphatic rings. The number of aliphatic hydroxyl groups is 1. The van der Waals surface area contributed by atoms with Crippen LogP contribution in [0.2, 0.25) is 0 Å². The van der Waals surface area contributed by atoms with Crippen LogP contribution < -0.4 is 20.1 Å². The Balaban J connectivity index is 1.09. The second-order valence-corrected chi connectivity index (χ2v) is 11.8. The minimum Gasteiger partial charge on any atom is -0.491 e. The molecule has 1 aliphatic heterocycles. The zero-order chi connectivity index (χ0) is 30.7. The molecule has 0 saturated heterocycles. The topological polar surface area (TPSA) is 98.3 Å². The minimum atomic E-state index is -0.629. The van der Waals surface area contributed by atoms with Crippen LogP contribution in [-0.2, 0) is 29.1 Å². The molecule has 0 aliphatic carbocycles. The molecule has 1 atom stereocenters. The van der Waals surface area contributed by atoms with E-state index in [9.17, 15) is 9.90 Å². The smallest absolute Gasteiger partial charge is 0.251 e. The fourth-order valence-corrected chi connectivity index (χ4v) is 4.69. The van der Waals surface area contributed by atoms with Crippen LogP contribution in [0.3, 0.4) is 0 Å². The summed E-state index contributed by atoms with van der Waals surface area (Å²) in [5, 5.41) is 16.9. The number of ether oxygens (including phenoxy) is 4. The van der Waals surface area contributed by atoms with Gasteiger partial charge < -0.3 is 34.7 Å². The first-order valence-electron chi connectivity index (χ1n) is 15.2. The second kappa shape index (κ2) is 15.9. The molecule has 4 rings (SSSR count). The standard InChI is InChI=1S/C35H46N2O6/c1-25(2)14-17-37-34(39)29-7-5-6-27(20-29)23-40-18-19-41-31-11-8-26(9-12-31)15-16-36-22-32(38)28-10-13-33-30(21-28)24-42-35(3,4)43-33/h5-13,20-21,25,32,36,38H,14-19,22-24H2,1-4H3,(H,37,39)/t32-/m1/s1. The maximum Gasteiger partial charge on any atom is 0.251 e. The van der Waals surface area contributed by atoms with Gasteiger partial charge in [-0.15, -0.1) is 0 Å². The van der Waals surface area contributed by atoms with Crippen molar-refractivity contribution in [1.29, 1.82) is 0 Å². The zero-order valence-corrected chi connectivity index (χ0v) is 25.9. The Hall–Kier alpha value is -3.43. The van der Waals surface area contributed by atoms with Gasteiger partial charge in [-0.1, -0.05) is 44.2 Å². The van der Waals surface area contributed by atoms with Gasteiger partial charge in [-0.05, 0) is 78.4 Å². The van der Waals surface area contributed by atoms with Crippen molar-refractivity contribution in [1.82, 2.24) is 10.6 Å². The molecule has 232 valence electrons. The predicted octanol–water partition coefficient (Wildman–Crippen LogP) is 5.57. The number of fused-ring (bicyclic) bond motifs is 1. The molecular weight excluding hydrogens is 544 g/mol. The highest BCUT2D eigenvalue weighted by Gasteiger charge is 2.27. The SMILES string of the molecule is CC(C)CCNC(=O)c1cccc(COCCOc2ccc(CCNC[C@@H](O)c3ccc4c(c3)COC(C)(C)O4)cc2)c1. The maximum absolute atomic E-state index is 12.4. The lowest BCUT2D eigenvalue weighted by molar-refractivity contribution is -0.180. The number of rotatable bonds is 16. The van der Waals surface area contributed by atoms with Gasteiger partial charge in [0.15, 0.2) is 0 Å². The molecule has 3 N–H and O–H groups in total. The summed E-state index contributed by atoms with van der Waals surface area (Å²) in [7, 11) is 0. The van der Waals surface area contributed by atoms with E-state index in [4.69, 9.17) is 18.9 Å². The molecular formula is C35H46N2O6. The Morgan fingerprint density at radius 1 is 1.00 bits per heavy atom. The molecule has 0 bridgehead atoms. The normalized spacial score (nSPS) is 14.6. The summed E-state index contributed by atoms with van der Waals surface area (Å²) < 4.78 is 23.1. The van der Waals surface area contributed by atoms with Gasteiger partial charge in [0.25, 0.3) is 5.91 Å². The van der Waals surface area contributed by atoms with Crippen LogP contribution in [0.15, 0.2) is 66.7 Å². The van der Waals surface area contributed by atoms with E-state index in [2.05, 4.69) is 36.6 Å². The van der Waals surface area contributed by atoms with Crippen LogP contribution >= 0.6 is 0 Å². The number of carbonyl (C=O) groups excluding carboxylic acids is 1. The summed E-state index contributed by atoms with van der Waals surface area (Å²) in [6.45, 7) is 11.7. The van der Waals surface area contributed by atoms with E-state index in [1.165, 1.54) is 5.56 Å². The van der Waals surface area contributed by atoms with E-state index in [1.807, 2.05) is 68.4 Å². The molecule has 8 nitrogen and oxygen atoms in total. The Morgan fingerprint density at radius 2 is 1.81 bits per heavy atom. The number of aliphatic hydroxyl groups excluding tert-OH is 1. The fraction of sp³-hybridized carbons (Fsp3) is 0.457. The average molecular weight is 591 g/mol. The summed E-state index contributed by atoms with van der Waals surface area (Å²) in [4.78, 5) is 12.4. The van der Waals surface area contributed by atoms with Gasteiger partial charge >= 0.3 is 0 Å². The molecule has 0 aromatic heterocycles. The van der Waals surface area contributed by atoms with E-state index in [0.29, 0.717) is 51.0 Å². The van der Waals surface area contributed by atoms with Gasteiger partial charge in [0.05, 0.1) is 25.9 Å². The molecule has 0 unspecified atom stereocenters. The van der Waals surface area contributed by atoms with Crippen LogP contribution in [0.25, 0.3) is 0 Å². The van der Waals surface area contributed by atoms with E-state index < -0.39 is 11.9 Å². The van der Waals surface area contributed by atoms with E-state index in [1.54, 1.807) is 0 Å². The number of hydrogen-bond acceptors (Lipinski definition) is 7. The van der Waals surface area contributed by atoms with Crippen LogP contribution in [0.5, 0.6) is 11.5 Å². The number of carbonyl (C=O) groups is 1. The molecule has 0 spiro atoms. The molecule has 1 amide bonds. The number of benzene rings is 3. The van der Waals surface area contributed by atoms with Crippen LogP contribution in [0.4, 0.5) is 0 Å². The van der Waals surface area contributed by atoms with Gasteiger partial charge in [0.2, 0.25) is 5.79 Å². The summed E-state index contributed by atoms with van der Waals surface area (Å²) in [6.07, 6.45) is 1.19. The van der Waals surface area contributed by atoms with Gasteiger partial charge in [0.1, 0.15) is 18.1 Å². The summed E-state index contributed by atoms with van der Waals surface area (Å²) in [6, 6.07) is 21.3. The molecule has 3 aromatic carbocycles. The molecule has 0 saturated carbocycles.